The third kappa shape index (κ3) is 3.43. The molecule has 1 aliphatic carbocycles. The van der Waals surface area contributed by atoms with Gasteiger partial charge in [0.15, 0.2) is 0 Å². The zero-order valence-corrected chi connectivity index (χ0v) is 11.8. The van der Waals surface area contributed by atoms with E-state index in [-0.39, 0.29) is 12.1 Å². The molecule has 0 radical (unpaired) electrons. The molecule has 1 atom stereocenters. The maximum Gasteiger partial charge on any atom is 0.114 e. The molecule has 1 saturated carbocycles. The average molecular weight is 267 g/mol. The smallest absolute Gasteiger partial charge is 0.114 e. The first kappa shape index (κ1) is 13.8. The number of aliphatic hydroxyl groups is 1. The first-order chi connectivity index (χ1) is 8.66. The minimum absolute atomic E-state index is 0.170. The fourth-order valence-electron chi connectivity index (χ4n) is 2.27. The van der Waals surface area contributed by atoms with Gasteiger partial charge in [0.05, 0.1) is 18.3 Å². The van der Waals surface area contributed by atoms with Gasteiger partial charge in [-0.15, -0.1) is 11.8 Å². The van der Waals surface area contributed by atoms with Gasteiger partial charge in [-0.1, -0.05) is 13.8 Å². The van der Waals surface area contributed by atoms with Crippen LogP contribution in [0.15, 0.2) is 23.6 Å². The second-order valence-electron chi connectivity index (χ2n) is 5.22. The maximum absolute atomic E-state index is 9.80. The van der Waals surface area contributed by atoms with Gasteiger partial charge < -0.3 is 10.4 Å². The molecule has 1 aromatic rings. The molecule has 0 aromatic carbocycles. The van der Waals surface area contributed by atoms with E-state index < -0.39 is 0 Å². The van der Waals surface area contributed by atoms with E-state index in [2.05, 4.69) is 29.1 Å². The first-order valence-corrected chi connectivity index (χ1v) is 7.42. The Balaban J connectivity index is 2.01. The van der Waals surface area contributed by atoms with E-state index in [0.717, 1.165) is 10.8 Å². The summed E-state index contributed by atoms with van der Waals surface area (Å²) in [5.41, 5.74) is -0.170. The summed E-state index contributed by atoms with van der Waals surface area (Å²) in [6.07, 6.45) is 7.57. The van der Waals surface area contributed by atoms with Crippen molar-refractivity contribution < 1.29 is 5.11 Å². The van der Waals surface area contributed by atoms with Crippen molar-refractivity contribution in [1.29, 1.82) is 0 Å². The second kappa shape index (κ2) is 5.99. The highest BCUT2D eigenvalue weighted by molar-refractivity contribution is 7.99. The summed E-state index contributed by atoms with van der Waals surface area (Å²) >= 11 is 1.67. The van der Waals surface area contributed by atoms with E-state index in [4.69, 9.17) is 0 Å². The number of aliphatic hydroxyl groups excluding tert-OH is 1. The second-order valence-corrected chi connectivity index (χ2v) is 6.22. The zero-order valence-electron chi connectivity index (χ0n) is 11.0. The molecule has 5 heteroatoms. The van der Waals surface area contributed by atoms with Gasteiger partial charge in [-0.25, -0.2) is 4.98 Å². The van der Waals surface area contributed by atoms with Crippen molar-refractivity contribution in [2.75, 3.05) is 12.4 Å². The predicted octanol–water partition coefficient (Wildman–Crippen LogP) is 1.71. The van der Waals surface area contributed by atoms with Crippen molar-refractivity contribution in [3.8, 4) is 0 Å². The molecule has 2 rings (SSSR count). The molecule has 0 saturated heterocycles. The fraction of sp³-hybridized carbons (Fsp3) is 0.692. The van der Waals surface area contributed by atoms with Crippen molar-refractivity contribution in [2.24, 2.45) is 5.92 Å². The summed E-state index contributed by atoms with van der Waals surface area (Å²) in [6, 6.07) is 0.375. The Bertz CT molecular complexity index is 370. The number of nitrogens with one attached hydrogen (secondary N) is 1. The Kier molecular flexibility index (Phi) is 4.59. The molecule has 1 aliphatic rings. The summed E-state index contributed by atoms with van der Waals surface area (Å²) in [5.74, 6) is 1.43. The van der Waals surface area contributed by atoms with E-state index in [1.165, 1.54) is 12.8 Å². The summed E-state index contributed by atoms with van der Waals surface area (Å²) in [6.45, 7) is 4.43. The molecule has 1 aromatic heterocycles. The van der Waals surface area contributed by atoms with Crippen LogP contribution in [0.5, 0.6) is 0 Å². The van der Waals surface area contributed by atoms with Gasteiger partial charge >= 0.3 is 0 Å². The lowest BCUT2D eigenvalue weighted by Crippen LogP contribution is -2.55. The zero-order chi connectivity index (χ0) is 13.0. The van der Waals surface area contributed by atoms with Crippen molar-refractivity contribution >= 4 is 11.8 Å². The van der Waals surface area contributed by atoms with Crippen LogP contribution >= 0.6 is 11.8 Å². The third-order valence-corrected chi connectivity index (χ3v) is 4.40. The van der Waals surface area contributed by atoms with Gasteiger partial charge in [0.25, 0.3) is 0 Å². The van der Waals surface area contributed by atoms with Crippen LogP contribution in [0.3, 0.4) is 0 Å². The molecule has 0 amide bonds. The normalized spacial score (nSPS) is 18.9. The highest BCUT2D eigenvalue weighted by Gasteiger charge is 2.45. The molecular formula is C13H21N3OS. The number of aromatic nitrogens is 2. The largest absolute Gasteiger partial charge is 0.394 e. The van der Waals surface area contributed by atoms with Crippen LogP contribution in [0.25, 0.3) is 0 Å². The predicted molar refractivity (Wildman–Crippen MR) is 73.6 cm³/mol. The average Bonchev–Trinajstić information content (AvgIpc) is 3.20. The monoisotopic (exact) mass is 267 g/mol. The molecule has 2 N–H and O–H groups in total. The van der Waals surface area contributed by atoms with E-state index in [1.54, 1.807) is 30.4 Å². The first-order valence-electron chi connectivity index (χ1n) is 6.43. The van der Waals surface area contributed by atoms with E-state index >= 15 is 0 Å². The Morgan fingerprint density at radius 1 is 1.50 bits per heavy atom. The summed E-state index contributed by atoms with van der Waals surface area (Å²) in [5, 5.41) is 14.3. The number of hydrogen-bond donors (Lipinski definition) is 2. The molecule has 1 unspecified atom stereocenters. The SMILES string of the molecule is CC(C)NC(CO)(CSc1cnccn1)C1CC1. The van der Waals surface area contributed by atoms with Crippen molar-refractivity contribution in [3.05, 3.63) is 18.6 Å². The number of nitrogens with zero attached hydrogens (tertiary/aromatic N) is 2. The number of rotatable bonds is 7. The van der Waals surface area contributed by atoms with Crippen LogP contribution in [0.2, 0.25) is 0 Å². The van der Waals surface area contributed by atoms with E-state index in [1.807, 2.05) is 0 Å². The van der Waals surface area contributed by atoms with Crippen LogP contribution in [0.1, 0.15) is 26.7 Å². The minimum atomic E-state index is -0.170. The highest BCUT2D eigenvalue weighted by Crippen LogP contribution is 2.42. The molecule has 100 valence electrons. The molecule has 0 aliphatic heterocycles. The molecule has 0 bridgehead atoms. The topological polar surface area (TPSA) is 58.0 Å². The standard InChI is InChI=1S/C13H21N3OS/c1-10(2)16-13(8-17,11-3-4-11)9-18-12-7-14-5-6-15-12/h5-7,10-11,16-17H,3-4,8-9H2,1-2H3. The van der Waals surface area contributed by atoms with Gasteiger partial charge in [-0.3, -0.25) is 4.98 Å². The molecular weight excluding hydrogens is 246 g/mol. The van der Waals surface area contributed by atoms with Crippen LogP contribution in [0, 0.1) is 5.92 Å². The fourth-order valence-corrected chi connectivity index (χ4v) is 3.36. The third-order valence-electron chi connectivity index (χ3n) is 3.23. The quantitative estimate of drug-likeness (QED) is 0.737. The Morgan fingerprint density at radius 3 is 2.78 bits per heavy atom. The highest BCUT2D eigenvalue weighted by atomic mass is 32.2. The molecule has 1 fully saturated rings. The minimum Gasteiger partial charge on any atom is -0.394 e. The number of hydrogen-bond acceptors (Lipinski definition) is 5. The van der Waals surface area contributed by atoms with Crippen LogP contribution in [0.4, 0.5) is 0 Å². The van der Waals surface area contributed by atoms with Crippen molar-refractivity contribution in [1.82, 2.24) is 15.3 Å². The van der Waals surface area contributed by atoms with Crippen LogP contribution in [-0.4, -0.2) is 39.0 Å². The lowest BCUT2D eigenvalue weighted by atomic mass is 9.95. The van der Waals surface area contributed by atoms with E-state index in [0.29, 0.717) is 12.0 Å². The lowest BCUT2D eigenvalue weighted by molar-refractivity contribution is 0.150. The van der Waals surface area contributed by atoms with Gasteiger partial charge in [0, 0.05) is 24.2 Å². The summed E-state index contributed by atoms with van der Waals surface area (Å²) in [7, 11) is 0. The van der Waals surface area contributed by atoms with E-state index in [9.17, 15) is 5.11 Å². The maximum atomic E-state index is 9.80. The molecule has 1 heterocycles. The van der Waals surface area contributed by atoms with Gasteiger partial charge in [-0.05, 0) is 18.8 Å². The van der Waals surface area contributed by atoms with Crippen molar-refractivity contribution in [3.63, 3.8) is 0 Å². The van der Waals surface area contributed by atoms with Crippen LogP contribution in [-0.2, 0) is 0 Å². The van der Waals surface area contributed by atoms with Crippen molar-refractivity contribution in [2.45, 2.75) is 43.3 Å². The Hall–Kier alpha value is -0.650. The molecule has 4 nitrogen and oxygen atoms in total. The van der Waals surface area contributed by atoms with Crippen LogP contribution < -0.4 is 5.32 Å². The lowest BCUT2D eigenvalue weighted by Gasteiger charge is -2.35. The van der Waals surface area contributed by atoms with Gasteiger partial charge in [0.1, 0.15) is 5.03 Å². The van der Waals surface area contributed by atoms with Gasteiger partial charge in [0.2, 0.25) is 0 Å². The molecule has 18 heavy (non-hydrogen) atoms. The Morgan fingerprint density at radius 2 is 2.28 bits per heavy atom. The number of thioether (sulfide) groups is 1. The van der Waals surface area contributed by atoms with Gasteiger partial charge in [-0.2, -0.15) is 0 Å². The summed E-state index contributed by atoms with van der Waals surface area (Å²) < 4.78 is 0. The Labute approximate surface area is 113 Å². The summed E-state index contributed by atoms with van der Waals surface area (Å²) in [4.78, 5) is 8.33. The molecule has 0 spiro atoms.